The number of likely N-dealkylation sites (tertiary alicyclic amines) is 1. The van der Waals surface area contributed by atoms with Gasteiger partial charge in [-0.05, 0) is 49.7 Å². The van der Waals surface area contributed by atoms with Crippen LogP contribution in [0.2, 0.25) is 0 Å². The Morgan fingerprint density at radius 3 is 2.92 bits per heavy atom. The number of thiazole rings is 1. The summed E-state index contributed by atoms with van der Waals surface area (Å²) in [7, 11) is 1.72. The Balaban J connectivity index is 1.68. The number of nitrogens with two attached hydrogens (primary N) is 1. The van der Waals surface area contributed by atoms with Crippen molar-refractivity contribution < 1.29 is 4.74 Å². The lowest BCUT2D eigenvalue weighted by Gasteiger charge is -2.27. The summed E-state index contributed by atoms with van der Waals surface area (Å²) in [6, 6.07) is 6.14. The number of hydrogen-bond acceptors (Lipinski definition) is 7. The van der Waals surface area contributed by atoms with Crippen LogP contribution in [0.25, 0.3) is 0 Å². The third kappa shape index (κ3) is 4.46. The van der Waals surface area contributed by atoms with Gasteiger partial charge in [0, 0.05) is 17.5 Å². The van der Waals surface area contributed by atoms with E-state index in [0.29, 0.717) is 10.9 Å². The van der Waals surface area contributed by atoms with Crippen molar-refractivity contribution in [3.8, 4) is 5.75 Å². The fourth-order valence-electron chi connectivity index (χ4n) is 2.86. The predicted octanol–water partition coefficient (Wildman–Crippen LogP) is 3.17. The number of anilines is 2. The largest absolute Gasteiger partial charge is 0.496 e. The molecule has 0 bridgehead atoms. The minimum Gasteiger partial charge on any atom is -0.496 e. The highest BCUT2D eigenvalue weighted by atomic mass is 32.1. The summed E-state index contributed by atoms with van der Waals surface area (Å²) in [6.45, 7) is 3.24. The number of aromatic nitrogens is 1. The first-order valence-electron chi connectivity index (χ1n) is 8.14. The second-order valence-electron chi connectivity index (χ2n) is 5.86. The van der Waals surface area contributed by atoms with Crippen LogP contribution in [0.3, 0.4) is 0 Å². The molecule has 1 aliphatic heterocycles. The van der Waals surface area contributed by atoms with Crippen LogP contribution in [-0.4, -0.2) is 36.3 Å². The van der Waals surface area contributed by atoms with Crippen LogP contribution < -0.4 is 15.9 Å². The van der Waals surface area contributed by atoms with Crippen molar-refractivity contribution in [2.45, 2.75) is 25.8 Å². The van der Waals surface area contributed by atoms with Crippen molar-refractivity contribution in [1.29, 1.82) is 0 Å². The number of piperidine rings is 1. The lowest BCUT2D eigenvalue weighted by atomic mass is 10.1. The van der Waals surface area contributed by atoms with E-state index in [1.54, 1.807) is 18.7 Å². The maximum Gasteiger partial charge on any atom is 0.205 e. The van der Waals surface area contributed by atoms with Gasteiger partial charge in [0.15, 0.2) is 0 Å². The van der Waals surface area contributed by atoms with Gasteiger partial charge in [-0.3, -0.25) is 10.3 Å². The van der Waals surface area contributed by atoms with Crippen molar-refractivity contribution in [3.05, 3.63) is 34.7 Å². The molecule has 1 aliphatic rings. The van der Waals surface area contributed by atoms with Gasteiger partial charge in [-0.15, -0.1) is 11.3 Å². The van der Waals surface area contributed by atoms with E-state index in [0.717, 1.165) is 30.9 Å². The van der Waals surface area contributed by atoms with E-state index in [9.17, 15) is 0 Å². The molecule has 0 saturated carbocycles. The first-order valence-corrected chi connectivity index (χ1v) is 9.02. The van der Waals surface area contributed by atoms with Crippen LogP contribution in [0.5, 0.6) is 5.75 Å². The molecule has 3 rings (SSSR count). The molecule has 0 atom stereocenters. The molecule has 2 aromatic rings. The molecule has 0 radical (unpaired) electrons. The predicted molar refractivity (Wildman–Crippen MR) is 99.9 cm³/mol. The SMILES string of the molecule is COc1ccc(C=NNc2nc(N)cs2)cc1CN1CCCCC1. The van der Waals surface area contributed by atoms with E-state index in [-0.39, 0.29) is 0 Å². The van der Waals surface area contributed by atoms with E-state index in [1.165, 1.54) is 36.2 Å². The number of nitrogens with zero attached hydrogens (tertiary/aromatic N) is 3. The molecule has 1 fully saturated rings. The normalized spacial score (nSPS) is 15.7. The topological polar surface area (TPSA) is 75.8 Å². The van der Waals surface area contributed by atoms with Crippen LogP contribution >= 0.6 is 11.3 Å². The highest BCUT2D eigenvalue weighted by Gasteiger charge is 2.13. The molecule has 2 heterocycles. The molecule has 7 heteroatoms. The van der Waals surface area contributed by atoms with Gasteiger partial charge >= 0.3 is 0 Å². The molecule has 6 nitrogen and oxygen atoms in total. The molecule has 1 aromatic heterocycles. The third-order valence-electron chi connectivity index (χ3n) is 4.04. The maximum absolute atomic E-state index is 5.59. The number of hydrogen-bond donors (Lipinski definition) is 2. The zero-order valence-corrected chi connectivity index (χ0v) is 14.7. The zero-order chi connectivity index (χ0) is 16.8. The first-order chi connectivity index (χ1) is 11.7. The fraction of sp³-hybridized carbons (Fsp3) is 0.412. The Bertz CT molecular complexity index is 694. The third-order valence-corrected chi connectivity index (χ3v) is 4.81. The Hall–Kier alpha value is -2.12. The second kappa shape index (κ2) is 8.12. The van der Waals surface area contributed by atoms with Crippen LogP contribution in [-0.2, 0) is 6.54 Å². The van der Waals surface area contributed by atoms with Crippen molar-refractivity contribution in [2.75, 3.05) is 31.4 Å². The molecule has 0 unspecified atom stereocenters. The van der Waals surface area contributed by atoms with Crippen LogP contribution in [0.4, 0.5) is 10.9 Å². The number of nitrogens with one attached hydrogen (secondary N) is 1. The van der Waals surface area contributed by atoms with Crippen LogP contribution in [0.15, 0.2) is 28.7 Å². The molecule has 0 spiro atoms. The van der Waals surface area contributed by atoms with E-state index < -0.39 is 0 Å². The quantitative estimate of drug-likeness (QED) is 0.621. The fourth-order valence-corrected chi connectivity index (χ4v) is 3.41. The Kier molecular flexibility index (Phi) is 5.66. The summed E-state index contributed by atoms with van der Waals surface area (Å²) in [5.74, 6) is 1.43. The number of methoxy groups -OCH3 is 1. The summed E-state index contributed by atoms with van der Waals surface area (Å²) < 4.78 is 5.51. The lowest BCUT2D eigenvalue weighted by molar-refractivity contribution is 0.218. The summed E-state index contributed by atoms with van der Waals surface area (Å²) >= 11 is 1.43. The molecule has 3 N–H and O–H groups in total. The van der Waals surface area contributed by atoms with Crippen molar-refractivity contribution >= 4 is 28.5 Å². The number of nitrogen functional groups attached to an aromatic ring is 1. The van der Waals surface area contributed by atoms with Gasteiger partial charge in [-0.1, -0.05) is 6.42 Å². The minimum absolute atomic E-state index is 0.506. The second-order valence-corrected chi connectivity index (χ2v) is 6.71. The van der Waals surface area contributed by atoms with Gasteiger partial charge in [0.25, 0.3) is 0 Å². The summed E-state index contributed by atoms with van der Waals surface area (Å²) in [5, 5.41) is 6.70. The van der Waals surface area contributed by atoms with E-state index >= 15 is 0 Å². The number of ether oxygens (including phenoxy) is 1. The molecule has 1 saturated heterocycles. The minimum atomic E-state index is 0.506. The van der Waals surface area contributed by atoms with Gasteiger partial charge in [-0.25, -0.2) is 4.98 Å². The number of hydrazone groups is 1. The van der Waals surface area contributed by atoms with Gasteiger partial charge in [0.1, 0.15) is 11.6 Å². The number of rotatable bonds is 6. The maximum atomic E-state index is 5.59. The molecule has 1 aromatic carbocycles. The van der Waals surface area contributed by atoms with Crippen LogP contribution in [0.1, 0.15) is 30.4 Å². The van der Waals surface area contributed by atoms with Gasteiger partial charge < -0.3 is 10.5 Å². The highest BCUT2D eigenvalue weighted by molar-refractivity contribution is 7.14. The van der Waals surface area contributed by atoms with Gasteiger partial charge in [0.2, 0.25) is 5.13 Å². The lowest BCUT2D eigenvalue weighted by Crippen LogP contribution is -2.29. The Labute approximate surface area is 146 Å². The van der Waals surface area contributed by atoms with E-state index in [4.69, 9.17) is 10.5 Å². The first kappa shape index (κ1) is 16.7. The standard InChI is InChI=1S/C17H23N5OS/c1-23-15-6-5-13(10-19-21-17-20-16(18)12-24-17)9-14(15)11-22-7-3-2-4-8-22/h5-6,9-10,12H,2-4,7-8,11,18H2,1H3,(H,20,21). The highest BCUT2D eigenvalue weighted by Crippen LogP contribution is 2.23. The van der Waals surface area contributed by atoms with Crippen molar-refractivity contribution in [3.63, 3.8) is 0 Å². The summed E-state index contributed by atoms with van der Waals surface area (Å²) in [5.41, 5.74) is 10.7. The molecule has 0 amide bonds. The van der Waals surface area contributed by atoms with Gasteiger partial charge in [0.05, 0.1) is 13.3 Å². The monoisotopic (exact) mass is 345 g/mol. The average Bonchev–Trinajstić information content (AvgIpc) is 3.01. The van der Waals surface area contributed by atoms with Gasteiger partial charge in [-0.2, -0.15) is 5.10 Å². The molecule has 24 heavy (non-hydrogen) atoms. The average molecular weight is 345 g/mol. The summed E-state index contributed by atoms with van der Waals surface area (Å²) in [6.07, 6.45) is 5.69. The molecular weight excluding hydrogens is 322 g/mol. The molecule has 0 aliphatic carbocycles. The zero-order valence-electron chi connectivity index (χ0n) is 13.9. The van der Waals surface area contributed by atoms with Crippen LogP contribution in [0, 0.1) is 0 Å². The summed E-state index contributed by atoms with van der Waals surface area (Å²) in [4.78, 5) is 6.59. The van der Waals surface area contributed by atoms with Crippen molar-refractivity contribution in [1.82, 2.24) is 9.88 Å². The molecule has 128 valence electrons. The molecular formula is C17H23N5OS. The van der Waals surface area contributed by atoms with E-state index in [1.807, 2.05) is 12.1 Å². The smallest absolute Gasteiger partial charge is 0.205 e. The van der Waals surface area contributed by atoms with E-state index in [2.05, 4.69) is 26.5 Å². The Morgan fingerprint density at radius 2 is 2.21 bits per heavy atom. The Morgan fingerprint density at radius 1 is 1.38 bits per heavy atom. The van der Waals surface area contributed by atoms with Crippen molar-refractivity contribution in [2.24, 2.45) is 5.10 Å². The number of benzene rings is 1.